The summed E-state index contributed by atoms with van der Waals surface area (Å²) in [6, 6.07) is 0. The summed E-state index contributed by atoms with van der Waals surface area (Å²) in [4.78, 5) is 10.7. The van der Waals surface area contributed by atoms with Crippen LogP contribution in [0.15, 0.2) is 0 Å². The molecule has 0 amide bonds. The molecular formula is C8H12F2O2. The Kier molecular flexibility index (Phi) is 1.89. The van der Waals surface area contributed by atoms with E-state index in [9.17, 15) is 13.6 Å². The number of carboxylic acid groups (broad SMARTS) is 1. The highest BCUT2D eigenvalue weighted by molar-refractivity contribution is 5.76. The Morgan fingerprint density at radius 1 is 1.42 bits per heavy atom. The Hall–Kier alpha value is -0.670. The van der Waals surface area contributed by atoms with Crippen LogP contribution >= 0.6 is 0 Å². The number of hydrogen-bond acceptors (Lipinski definition) is 1. The Balaban J connectivity index is 2.76. The summed E-state index contributed by atoms with van der Waals surface area (Å²) in [5.74, 6) is -4.08. The van der Waals surface area contributed by atoms with Crippen LogP contribution in [0.2, 0.25) is 0 Å². The lowest BCUT2D eigenvalue weighted by molar-refractivity contribution is -0.203. The van der Waals surface area contributed by atoms with Crippen LogP contribution in [0.4, 0.5) is 8.78 Å². The molecule has 0 spiro atoms. The van der Waals surface area contributed by atoms with Gasteiger partial charge in [0.25, 0.3) is 0 Å². The molecule has 1 saturated carbocycles. The Bertz CT molecular complexity index is 203. The third-order valence-corrected chi connectivity index (χ3v) is 2.68. The van der Waals surface area contributed by atoms with E-state index in [1.54, 1.807) is 13.8 Å². The van der Waals surface area contributed by atoms with Crippen LogP contribution in [0.1, 0.15) is 26.7 Å². The van der Waals surface area contributed by atoms with Crippen molar-refractivity contribution in [2.45, 2.75) is 32.6 Å². The monoisotopic (exact) mass is 178 g/mol. The molecule has 1 aliphatic rings. The van der Waals surface area contributed by atoms with Crippen molar-refractivity contribution in [1.29, 1.82) is 0 Å². The van der Waals surface area contributed by atoms with E-state index in [2.05, 4.69) is 0 Å². The fourth-order valence-electron chi connectivity index (χ4n) is 1.68. The van der Waals surface area contributed by atoms with Gasteiger partial charge < -0.3 is 5.11 Å². The summed E-state index contributed by atoms with van der Waals surface area (Å²) < 4.78 is 25.0. The van der Waals surface area contributed by atoms with Crippen molar-refractivity contribution in [2.75, 3.05) is 0 Å². The van der Waals surface area contributed by atoms with Crippen molar-refractivity contribution in [1.82, 2.24) is 0 Å². The van der Waals surface area contributed by atoms with Gasteiger partial charge in [0.05, 0.1) is 5.41 Å². The molecule has 0 atom stereocenters. The molecule has 1 rings (SSSR count). The largest absolute Gasteiger partial charge is 0.481 e. The van der Waals surface area contributed by atoms with Crippen molar-refractivity contribution in [2.24, 2.45) is 11.3 Å². The van der Waals surface area contributed by atoms with Gasteiger partial charge in [0, 0.05) is 12.8 Å². The number of carbonyl (C=O) groups is 1. The number of alkyl halides is 2. The first-order chi connectivity index (χ1) is 5.30. The molecule has 0 unspecified atom stereocenters. The highest BCUT2D eigenvalue weighted by atomic mass is 19.3. The van der Waals surface area contributed by atoms with Gasteiger partial charge in [-0.25, -0.2) is 8.78 Å². The molecule has 0 aromatic heterocycles. The topological polar surface area (TPSA) is 37.3 Å². The molecule has 0 heterocycles. The van der Waals surface area contributed by atoms with Crippen molar-refractivity contribution >= 4 is 5.97 Å². The molecule has 1 aliphatic carbocycles. The molecule has 12 heavy (non-hydrogen) atoms. The van der Waals surface area contributed by atoms with Crippen molar-refractivity contribution in [3.63, 3.8) is 0 Å². The fourth-order valence-corrected chi connectivity index (χ4v) is 1.68. The zero-order valence-corrected chi connectivity index (χ0v) is 7.10. The summed E-state index contributed by atoms with van der Waals surface area (Å²) >= 11 is 0. The SMILES string of the molecule is CC(C)C1(C(=O)O)CC(F)(F)C1. The maximum Gasteiger partial charge on any atom is 0.310 e. The Labute approximate surface area is 69.6 Å². The molecule has 70 valence electrons. The highest BCUT2D eigenvalue weighted by Crippen LogP contribution is 2.56. The minimum absolute atomic E-state index is 0.227. The molecule has 2 nitrogen and oxygen atoms in total. The average molecular weight is 178 g/mol. The van der Waals surface area contributed by atoms with Crippen molar-refractivity contribution in [3.05, 3.63) is 0 Å². The first kappa shape index (κ1) is 9.42. The van der Waals surface area contributed by atoms with Gasteiger partial charge in [0.1, 0.15) is 0 Å². The van der Waals surface area contributed by atoms with Gasteiger partial charge >= 0.3 is 5.97 Å². The van der Waals surface area contributed by atoms with E-state index in [0.717, 1.165) is 0 Å². The molecular weight excluding hydrogens is 166 g/mol. The summed E-state index contributed by atoms with van der Waals surface area (Å²) in [6.07, 6.45) is -1.01. The van der Waals surface area contributed by atoms with Gasteiger partial charge in [-0.15, -0.1) is 0 Å². The second kappa shape index (κ2) is 2.41. The van der Waals surface area contributed by atoms with E-state index in [0.29, 0.717) is 0 Å². The molecule has 0 bridgehead atoms. The standard InChI is InChI=1S/C8H12F2O2/c1-5(2)7(6(11)12)3-8(9,10)4-7/h5H,3-4H2,1-2H3,(H,11,12). The third kappa shape index (κ3) is 1.19. The van der Waals surface area contributed by atoms with Gasteiger partial charge in [0.15, 0.2) is 0 Å². The Morgan fingerprint density at radius 3 is 1.92 bits per heavy atom. The number of halogens is 2. The molecule has 0 aromatic rings. The van der Waals surface area contributed by atoms with Gasteiger partial charge in [-0.1, -0.05) is 13.8 Å². The second-order valence-corrected chi connectivity index (χ2v) is 3.83. The van der Waals surface area contributed by atoms with Crippen LogP contribution in [-0.2, 0) is 4.79 Å². The molecule has 4 heteroatoms. The van der Waals surface area contributed by atoms with Gasteiger partial charge in [-0.2, -0.15) is 0 Å². The van der Waals surface area contributed by atoms with Crippen LogP contribution in [-0.4, -0.2) is 17.0 Å². The quantitative estimate of drug-likeness (QED) is 0.703. The summed E-state index contributed by atoms with van der Waals surface area (Å²) in [5.41, 5.74) is -1.18. The first-order valence-electron chi connectivity index (χ1n) is 3.91. The average Bonchev–Trinajstić information content (AvgIpc) is 1.80. The van der Waals surface area contributed by atoms with E-state index < -0.39 is 30.1 Å². The van der Waals surface area contributed by atoms with Crippen LogP contribution < -0.4 is 0 Å². The van der Waals surface area contributed by atoms with Crippen LogP contribution in [0.25, 0.3) is 0 Å². The summed E-state index contributed by atoms with van der Waals surface area (Å²) in [6.45, 7) is 3.34. The number of aliphatic carboxylic acids is 1. The van der Waals surface area contributed by atoms with Crippen molar-refractivity contribution < 1.29 is 18.7 Å². The lowest BCUT2D eigenvalue weighted by Gasteiger charge is -2.46. The third-order valence-electron chi connectivity index (χ3n) is 2.68. The van der Waals surface area contributed by atoms with E-state index in [4.69, 9.17) is 5.11 Å². The second-order valence-electron chi connectivity index (χ2n) is 3.83. The predicted molar refractivity (Wildman–Crippen MR) is 39.1 cm³/mol. The van der Waals surface area contributed by atoms with Crippen molar-refractivity contribution in [3.8, 4) is 0 Å². The number of carboxylic acids is 1. The molecule has 1 fully saturated rings. The normalized spacial score (nSPS) is 25.1. The number of rotatable bonds is 2. The van der Waals surface area contributed by atoms with E-state index in [1.165, 1.54) is 0 Å². The fraction of sp³-hybridized carbons (Fsp3) is 0.875. The minimum Gasteiger partial charge on any atom is -0.481 e. The summed E-state index contributed by atoms with van der Waals surface area (Å²) in [5, 5.41) is 8.75. The molecule has 0 aliphatic heterocycles. The van der Waals surface area contributed by atoms with Gasteiger partial charge in [-0.05, 0) is 5.92 Å². The van der Waals surface area contributed by atoms with Crippen LogP contribution in [0.5, 0.6) is 0 Å². The molecule has 1 N–H and O–H groups in total. The van der Waals surface area contributed by atoms with E-state index in [-0.39, 0.29) is 5.92 Å². The molecule has 0 radical (unpaired) electrons. The maximum atomic E-state index is 12.5. The van der Waals surface area contributed by atoms with Crippen LogP contribution in [0.3, 0.4) is 0 Å². The van der Waals surface area contributed by atoms with Gasteiger partial charge in [0.2, 0.25) is 5.92 Å². The van der Waals surface area contributed by atoms with E-state index >= 15 is 0 Å². The highest BCUT2D eigenvalue weighted by Gasteiger charge is 2.62. The van der Waals surface area contributed by atoms with Gasteiger partial charge in [-0.3, -0.25) is 4.79 Å². The zero-order valence-electron chi connectivity index (χ0n) is 7.10. The number of hydrogen-bond donors (Lipinski definition) is 1. The summed E-state index contributed by atoms with van der Waals surface area (Å²) in [7, 11) is 0. The zero-order chi connectivity index (χ0) is 9.57. The molecule has 0 aromatic carbocycles. The maximum absolute atomic E-state index is 12.5. The molecule has 0 saturated heterocycles. The lowest BCUT2D eigenvalue weighted by Crippen LogP contribution is -2.54. The Morgan fingerprint density at radius 2 is 1.83 bits per heavy atom. The minimum atomic E-state index is -2.76. The smallest absolute Gasteiger partial charge is 0.310 e. The van der Waals surface area contributed by atoms with E-state index in [1.807, 2.05) is 0 Å². The van der Waals surface area contributed by atoms with Crippen LogP contribution in [0, 0.1) is 11.3 Å². The predicted octanol–water partition coefficient (Wildman–Crippen LogP) is 2.14. The first-order valence-corrected chi connectivity index (χ1v) is 3.91. The lowest BCUT2D eigenvalue weighted by atomic mass is 9.60.